The van der Waals surface area contributed by atoms with Crippen molar-refractivity contribution in [3.8, 4) is 0 Å². The number of aromatic nitrogens is 4. The predicted octanol–water partition coefficient (Wildman–Crippen LogP) is 3.43. The molecule has 1 saturated carbocycles. The number of nitrogens with zero attached hydrogens (tertiary/aromatic N) is 5. The molecule has 1 aliphatic heterocycles. The number of anilines is 2. The van der Waals surface area contributed by atoms with Gasteiger partial charge in [0.05, 0.1) is 5.56 Å². The van der Waals surface area contributed by atoms with E-state index in [0.717, 1.165) is 36.6 Å². The first-order valence-corrected chi connectivity index (χ1v) is 12.6. The lowest BCUT2D eigenvalue weighted by atomic mass is 10.1. The number of hydrogen-bond donors (Lipinski definition) is 2. The average Bonchev–Trinajstić information content (AvgIpc) is 3.37. The quantitative estimate of drug-likeness (QED) is 0.582. The van der Waals surface area contributed by atoms with E-state index < -0.39 is 0 Å². The van der Waals surface area contributed by atoms with E-state index in [-0.39, 0.29) is 29.6 Å². The minimum Gasteiger partial charge on any atom is -0.335 e. The molecule has 3 aromatic rings. The molecule has 0 bridgehead atoms. The van der Waals surface area contributed by atoms with E-state index in [0.29, 0.717) is 42.5 Å². The molecule has 2 aliphatic rings. The zero-order valence-electron chi connectivity index (χ0n) is 20.6. The molecule has 1 aliphatic carbocycles. The summed E-state index contributed by atoms with van der Waals surface area (Å²) in [5.41, 5.74) is 2.06. The fraction of sp³-hybridized carbons (Fsp3) is 0.500. The summed E-state index contributed by atoms with van der Waals surface area (Å²) in [6.45, 7) is 7.52. The molecule has 35 heavy (non-hydrogen) atoms. The Balaban J connectivity index is 1.39. The van der Waals surface area contributed by atoms with E-state index >= 15 is 0 Å². The lowest BCUT2D eigenvalue weighted by Crippen LogP contribution is -2.55. The lowest BCUT2D eigenvalue weighted by Gasteiger charge is -2.36. The van der Waals surface area contributed by atoms with Crippen LogP contribution < -0.4 is 16.2 Å². The maximum Gasteiger partial charge on any atom is 0.255 e. The van der Waals surface area contributed by atoms with Gasteiger partial charge in [0.2, 0.25) is 5.95 Å². The maximum atomic E-state index is 13.2. The molecule has 3 aromatic heterocycles. The van der Waals surface area contributed by atoms with E-state index in [9.17, 15) is 9.59 Å². The second kappa shape index (κ2) is 9.73. The molecule has 1 saturated heterocycles. The molecule has 2 unspecified atom stereocenters. The highest BCUT2D eigenvalue weighted by molar-refractivity contribution is 5.94. The van der Waals surface area contributed by atoms with Crippen molar-refractivity contribution in [1.29, 1.82) is 0 Å². The summed E-state index contributed by atoms with van der Waals surface area (Å²) in [7, 11) is 0. The Bertz CT molecular complexity index is 1270. The number of amides is 1. The summed E-state index contributed by atoms with van der Waals surface area (Å²) in [4.78, 5) is 41.6. The summed E-state index contributed by atoms with van der Waals surface area (Å²) < 4.78 is 1.87. The number of piperazine rings is 1. The van der Waals surface area contributed by atoms with E-state index in [2.05, 4.69) is 34.4 Å². The van der Waals surface area contributed by atoms with E-state index in [4.69, 9.17) is 4.98 Å². The van der Waals surface area contributed by atoms with Crippen LogP contribution in [0.5, 0.6) is 0 Å². The molecule has 4 heterocycles. The van der Waals surface area contributed by atoms with E-state index in [1.165, 1.54) is 0 Å². The first kappa shape index (κ1) is 23.4. The van der Waals surface area contributed by atoms with Gasteiger partial charge < -0.3 is 15.5 Å². The average molecular weight is 476 g/mol. The fourth-order valence-corrected chi connectivity index (χ4v) is 5.38. The number of rotatable bonds is 5. The van der Waals surface area contributed by atoms with Crippen LogP contribution in [0.25, 0.3) is 11.0 Å². The number of carbonyl (C=O) groups is 1. The second-order valence-electron chi connectivity index (χ2n) is 9.85. The van der Waals surface area contributed by atoms with Gasteiger partial charge in [-0.05, 0) is 51.3 Å². The van der Waals surface area contributed by atoms with Crippen molar-refractivity contribution in [3.05, 3.63) is 52.1 Å². The molecule has 9 heteroatoms. The van der Waals surface area contributed by atoms with E-state index in [1.807, 2.05) is 22.5 Å². The lowest BCUT2D eigenvalue weighted by molar-refractivity contribution is 0.0673. The molecule has 5 rings (SSSR count). The molecule has 1 amide bonds. The van der Waals surface area contributed by atoms with Gasteiger partial charge in [-0.15, -0.1) is 0 Å². The van der Waals surface area contributed by atoms with Crippen LogP contribution in [-0.4, -0.2) is 55.5 Å². The Morgan fingerprint density at radius 1 is 1.11 bits per heavy atom. The fourth-order valence-electron chi connectivity index (χ4n) is 5.38. The summed E-state index contributed by atoms with van der Waals surface area (Å²) in [6, 6.07) is 6.15. The van der Waals surface area contributed by atoms with Gasteiger partial charge in [0.25, 0.3) is 11.5 Å². The van der Waals surface area contributed by atoms with Gasteiger partial charge in [0, 0.05) is 54.6 Å². The van der Waals surface area contributed by atoms with Crippen molar-refractivity contribution in [2.24, 2.45) is 0 Å². The normalized spacial score (nSPS) is 20.9. The standard InChI is InChI=1S/C26H33N7O2/c1-4-18-11-20-13-28-26(31-23(20)33(25(18)35)21-7-5-6-8-21)30-22-10-9-19(12-27-22)24(34)32-14-16(2)29-17(3)15-32/h9-13,16-17,21,29H,4-8,14-15H2,1-3H3,(H,27,28,30,31). The van der Waals surface area contributed by atoms with Crippen LogP contribution in [0.2, 0.25) is 0 Å². The zero-order valence-corrected chi connectivity index (χ0v) is 20.6. The van der Waals surface area contributed by atoms with Gasteiger partial charge in [-0.3, -0.25) is 14.2 Å². The Labute approximate surface area is 205 Å². The van der Waals surface area contributed by atoms with Crippen molar-refractivity contribution < 1.29 is 4.79 Å². The highest BCUT2D eigenvalue weighted by Crippen LogP contribution is 2.31. The molecule has 0 spiro atoms. The summed E-state index contributed by atoms with van der Waals surface area (Å²) in [6.07, 6.45) is 8.29. The number of aryl methyl sites for hydroxylation is 1. The molecular formula is C26H33N7O2. The molecule has 0 aromatic carbocycles. The molecule has 2 fully saturated rings. The van der Waals surface area contributed by atoms with Crippen LogP contribution >= 0.6 is 0 Å². The van der Waals surface area contributed by atoms with Crippen LogP contribution in [0.1, 0.15) is 68.4 Å². The first-order valence-electron chi connectivity index (χ1n) is 12.6. The number of carbonyl (C=O) groups excluding carboxylic acids is 1. The minimum absolute atomic E-state index is 0.0153. The van der Waals surface area contributed by atoms with Crippen molar-refractivity contribution in [2.75, 3.05) is 18.4 Å². The van der Waals surface area contributed by atoms with Crippen molar-refractivity contribution in [3.63, 3.8) is 0 Å². The third-order valence-electron chi connectivity index (χ3n) is 7.01. The van der Waals surface area contributed by atoms with Crippen LogP contribution in [0, 0.1) is 0 Å². The monoisotopic (exact) mass is 475 g/mol. The number of hydrogen-bond acceptors (Lipinski definition) is 7. The summed E-state index contributed by atoms with van der Waals surface area (Å²) >= 11 is 0. The Morgan fingerprint density at radius 3 is 2.51 bits per heavy atom. The summed E-state index contributed by atoms with van der Waals surface area (Å²) in [5.74, 6) is 0.908. The third-order valence-corrected chi connectivity index (χ3v) is 7.01. The number of nitrogens with one attached hydrogen (secondary N) is 2. The smallest absolute Gasteiger partial charge is 0.255 e. The van der Waals surface area contributed by atoms with Crippen molar-refractivity contribution in [1.82, 2.24) is 29.7 Å². The zero-order chi connectivity index (χ0) is 24.5. The Kier molecular flexibility index (Phi) is 6.51. The molecule has 2 atom stereocenters. The molecule has 9 nitrogen and oxygen atoms in total. The largest absolute Gasteiger partial charge is 0.335 e. The highest BCUT2D eigenvalue weighted by Gasteiger charge is 2.26. The van der Waals surface area contributed by atoms with Gasteiger partial charge in [-0.25, -0.2) is 9.97 Å². The SMILES string of the molecule is CCc1cc2cnc(Nc3ccc(C(=O)N4CC(C)NC(C)C4)cn3)nc2n(C2CCCC2)c1=O. The van der Waals surface area contributed by atoms with Gasteiger partial charge in [0.15, 0.2) is 0 Å². The van der Waals surface area contributed by atoms with Crippen LogP contribution in [0.15, 0.2) is 35.4 Å². The number of pyridine rings is 2. The summed E-state index contributed by atoms with van der Waals surface area (Å²) in [5, 5.41) is 7.45. The molecule has 0 radical (unpaired) electrons. The van der Waals surface area contributed by atoms with Crippen molar-refractivity contribution in [2.45, 2.75) is 71.0 Å². The maximum absolute atomic E-state index is 13.2. The Hall–Kier alpha value is -3.33. The molecular weight excluding hydrogens is 442 g/mol. The van der Waals surface area contributed by atoms with Crippen LogP contribution in [0.3, 0.4) is 0 Å². The van der Waals surface area contributed by atoms with Gasteiger partial charge in [-0.2, -0.15) is 4.98 Å². The first-order chi connectivity index (χ1) is 16.9. The van der Waals surface area contributed by atoms with E-state index in [1.54, 1.807) is 24.5 Å². The second-order valence-corrected chi connectivity index (χ2v) is 9.85. The topological polar surface area (TPSA) is 105 Å². The van der Waals surface area contributed by atoms with Gasteiger partial charge in [-0.1, -0.05) is 19.8 Å². The van der Waals surface area contributed by atoms with Crippen LogP contribution in [-0.2, 0) is 6.42 Å². The highest BCUT2D eigenvalue weighted by atomic mass is 16.2. The minimum atomic E-state index is -0.0153. The van der Waals surface area contributed by atoms with Crippen LogP contribution in [0.4, 0.5) is 11.8 Å². The number of fused-ring (bicyclic) bond motifs is 1. The molecule has 184 valence electrons. The van der Waals surface area contributed by atoms with Gasteiger partial charge >= 0.3 is 0 Å². The van der Waals surface area contributed by atoms with Crippen molar-refractivity contribution >= 4 is 28.7 Å². The Morgan fingerprint density at radius 2 is 1.86 bits per heavy atom. The van der Waals surface area contributed by atoms with Gasteiger partial charge in [0.1, 0.15) is 11.5 Å². The molecule has 2 N–H and O–H groups in total. The third kappa shape index (κ3) is 4.77. The predicted molar refractivity (Wildman–Crippen MR) is 136 cm³/mol.